The molecule has 194 valence electrons. The zero-order chi connectivity index (χ0) is 27.5. The first-order valence-corrected chi connectivity index (χ1v) is 13.1. The highest BCUT2D eigenvalue weighted by atomic mass is 16.5. The normalized spacial score (nSPS) is 11.8. The quantitative estimate of drug-likeness (QED) is 0.255. The van der Waals surface area contributed by atoms with Crippen LogP contribution in [0.1, 0.15) is 27.7 Å². The van der Waals surface area contributed by atoms with Crippen molar-refractivity contribution in [2.24, 2.45) is 0 Å². The van der Waals surface area contributed by atoms with E-state index in [-0.39, 0.29) is 7.48 Å². The maximum absolute atomic E-state index is 10.6. The predicted octanol–water partition coefficient (Wildman–Crippen LogP) is 6.08. The topological polar surface area (TPSA) is 68.1 Å². The molecule has 0 unspecified atom stereocenters. The molecule has 4 aromatic carbocycles. The molecule has 0 saturated carbocycles. The van der Waals surface area contributed by atoms with Crippen molar-refractivity contribution >= 4 is 13.2 Å². The molecule has 1 aromatic heterocycles. The summed E-state index contributed by atoms with van der Waals surface area (Å²) in [7, 11) is 0.143. The van der Waals surface area contributed by atoms with Gasteiger partial charge in [0, 0.05) is 11.1 Å². The fourth-order valence-corrected chi connectivity index (χ4v) is 4.05. The van der Waals surface area contributed by atoms with Gasteiger partial charge in [-0.05, 0) is 49.9 Å². The summed E-state index contributed by atoms with van der Waals surface area (Å²) < 4.78 is 6.11. The van der Waals surface area contributed by atoms with E-state index in [0.717, 1.165) is 33.4 Å². The molecule has 0 bridgehead atoms. The second-order valence-corrected chi connectivity index (χ2v) is 10.6. The van der Waals surface area contributed by atoms with Crippen molar-refractivity contribution < 1.29 is 9.76 Å². The zero-order valence-corrected chi connectivity index (χ0v) is 22.8. The lowest BCUT2D eigenvalue weighted by Crippen LogP contribution is -2.49. The molecule has 0 aliphatic heterocycles. The van der Waals surface area contributed by atoms with Crippen LogP contribution in [0.15, 0.2) is 109 Å². The smallest absolute Gasteiger partial charge is 0.353 e. The Bertz CT molecular complexity index is 1430. The first-order valence-electron chi connectivity index (χ1n) is 13.1. The van der Waals surface area contributed by atoms with Gasteiger partial charge in [0.15, 0.2) is 11.6 Å². The minimum absolute atomic E-state index is 0.143. The molecule has 0 aliphatic carbocycles. The van der Waals surface area contributed by atoms with Gasteiger partial charge in [0.2, 0.25) is 0 Å². The van der Waals surface area contributed by atoms with Gasteiger partial charge in [-0.15, -0.1) is 0 Å². The first-order chi connectivity index (χ1) is 18.7. The fourth-order valence-electron chi connectivity index (χ4n) is 4.05. The molecule has 0 fully saturated rings. The predicted molar refractivity (Wildman–Crippen MR) is 160 cm³/mol. The number of nitrogens with zero attached hydrogens (tertiary/aromatic N) is 3. The Morgan fingerprint density at radius 2 is 0.872 bits per heavy atom. The SMILES string of the molecule is CC(C)(O)C(C)(C)OBc1nc(-c2ccc(-c3ccccc3)cc2)nc(-c2ccc(-c3ccccc3)cc2)n1. The van der Waals surface area contributed by atoms with E-state index in [1.807, 2.05) is 74.5 Å². The third-order valence-corrected chi connectivity index (χ3v) is 7.22. The number of aliphatic hydroxyl groups is 1. The van der Waals surface area contributed by atoms with Crippen molar-refractivity contribution in [3.8, 4) is 45.0 Å². The molecule has 5 aromatic rings. The van der Waals surface area contributed by atoms with E-state index in [1.54, 1.807) is 13.8 Å². The summed E-state index contributed by atoms with van der Waals surface area (Å²) in [4.78, 5) is 14.4. The van der Waals surface area contributed by atoms with E-state index in [0.29, 0.717) is 17.4 Å². The highest BCUT2D eigenvalue weighted by Gasteiger charge is 2.36. The van der Waals surface area contributed by atoms with Crippen LogP contribution in [0, 0.1) is 0 Å². The number of hydrogen-bond acceptors (Lipinski definition) is 5. The van der Waals surface area contributed by atoms with E-state index in [9.17, 15) is 5.11 Å². The van der Waals surface area contributed by atoms with Gasteiger partial charge in [0.1, 0.15) is 5.72 Å². The largest absolute Gasteiger partial charge is 0.423 e. The Hall–Kier alpha value is -4.13. The third kappa shape index (κ3) is 6.14. The summed E-state index contributed by atoms with van der Waals surface area (Å²) in [6.45, 7) is 7.20. The molecule has 39 heavy (non-hydrogen) atoms. The lowest BCUT2D eigenvalue weighted by Gasteiger charge is -2.37. The lowest BCUT2D eigenvalue weighted by atomic mass is 9.86. The van der Waals surface area contributed by atoms with Crippen LogP contribution in [0.4, 0.5) is 0 Å². The second kappa shape index (κ2) is 10.9. The summed E-state index contributed by atoms with van der Waals surface area (Å²) in [5, 5.41) is 10.6. The van der Waals surface area contributed by atoms with E-state index >= 15 is 0 Å². The summed E-state index contributed by atoms with van der Waals surface area (Å²) in [6, 6.07) is 37.0. The molecule has 0 atom stereocenters. The van der Waals surface area contributed by atoms with Crippen LogP contribution in [0.3, 0.4) is 0 Å². The van der Waals surface area contributed by atoms with Gasteiger partial charge in [-0.3, -0.25) is 0 Å². The van der Waals surface area contributed by atoms with Crippen LogP contribution in [0.25, 0.3) is 45.0 Å². The minimum Gasteiger partial charge on any atom is -0.423 e. The maximum Gasteiger partial charge on any atom is 0.353 e. The van der Waals surface area contributed by atoms with Crippen LogP contribution < -0.4 is 5.72 Å². The van der Waals surface area contributed by atoms with Crippen LogP contribution in [-0.4, -0.2) is 38.7 Å². The number of hydrogen-bond donors (Lipinski definition) is 1. The summed E-state index contributed by atoms with van der Waals surface area (Å²) in [5.41, 5.74) is 5.02. The minimum atomic E-state index is -1.04. The van der Waals surface area contributed by atoms with Crippen LogP contribution in [-0.2, 0) is 4.65 Å². The van der Waals surface area contributed by atoms with Gasteiger partial charge in [-0.1, -0.05) is 109 Å². The summed E-state index contributed by atoms with van der Waals surface area (Å²) in [5.74, 6) is 1.15. The standard InChI is InChI=1S/C33H32BN3O2/c1-32(2,38)33(3,4)39-34-31-36-29(27-19-15-25(16-20-27)23-11-7-5-8-12-23)35-30(37-31)28-21-17-26(18-22-28)24-13-9-6-10-14-24/h5-22,34,38H,1-4H3. The molecule has 6 heteroatoms. The Morgan fingerprint density at radius 1 is 0.513 bits per heavy atom. The van der Waals surface area contributed by atoms with Gasteiger partial charge in [0.25, 0.3) is 0 Å². The van der Waals surface area contributed by atoms with Crippen molar-refractivity contribution in [2.45, 2.75) is 38.9 Å². The second-order valence-electron chi connectivity index (χ2n) is 10.6. The molecule has 1 heterocycles. The molecule has 5 nitrogen and oxygen atoms in total. The fraction of sp³-hybridized carbons (Fsp3) is 0.182. The maximum atomic E-state index is 10.6. The summed E-state index contributed by atoms with van der Waals surface area (Å²) in [6.07, 6.45) is 0. The molecule has 5 rings (SSSR count). The van der Waals surface area contributed by atoms with Crippen molar-refractivity contribution in [3.63, 3.8) is 0 Å². The van der Waals surface area contributed by atoms with Gasteiger partial charge in [-0.2, -0.15) is 0 Å². The number of aromatic nitrogens is 3. The van der Waals surface area contributed by atoms with E-state index < -0.39 is 11.2 Å². The molecular weight excluding hydrogens is 481 g/mol. The Kier molecular flexibility index (Phi) is 7.42. The Labute approximate surface area is 230 Å². The van der Waals surface area contributed by atoms with Gasteiger partial charge >= 0.3 is 7.48 Å². The molecule has 0 saturated heterocycles. The van der Waals surface area contributed by atoms with Crippen LogP contribution in [0.5, 0.6) is 0 Å². The van der Waals surface area contributed by atoms with Crippen molar-refractivity contribution in [2.75, 3.05) is 0 Å². The van der Waals surface area contributed by atoms with Gasteiger partial charge in [-0.25, -0.2) is 15.0 Å². The van der Waals surface area contributed by atoms with Crippen molar-refractivity contribution in [3.05, 3.63) is 109 Å². The number of benzene rings is 4. The third-order valence-electron chi connectivity index (χ3n) is 7.22. The highest BCUT2D eigenvalue weighted by Crippen LogP contribution is 2.27. The average molecular weight is 513 g/mol. The Morgan fingerprint density at radius 3 is 1.26 bits per heavy atom. The van der Waals surface area contributed by atoms with E-state index in [1.165, 1.54) is 0 Å². The van der Waals surface area contributed by atoms with E-state index in [2.05, 4.69) is 48.5 Å². The van der Waals surface area contributed by atoms with E-state index in [4.69, 9.17) is 19.6 Å². The highest BCUT2D eigenvalue weighted by molar-refractivity contribution is 6.44. The van der Waals surface area contributed by atoms with Gasteiger partial charge in [0.05, 0.1) is 11.2 Å². The Balaban J connectivity index is 1.50. The molecule has 0 aliphatic rings. The first kappa shape index (κ1) is 26.5. The zero-order valence-electron chi connectivity index (χ0n) is 22.8. The molecule has 0 spiro atoms. The monoisotopic (exact) mass is 513 g/mol. The molecule has 1 N–H and O–H groups in total. The van der Waals surface area contributed by atoms with Crippen molar-refractivity contribution in [1.82, 2.24) is 15.0 Å². The average Bonchev–Trinajstić information content (AvgIpc) is 2.96. The molecule has 0 radical (unpaired) electrons. The molecular formula is C33H32BN3O2. The lowest BCUT2D eigenvalue weighted by molar-refractivity contribution is -0.0894. The summed E-state index contributed by atoms with van der Waals surface area (Å²) >= 11 is 0. The van der Waals surface area contributed by atoms with Crippen LogP contribution >= 0.6 is 0 Å². The van der Waals surface area contributed by atoms with Gasteiger partial charge < -0.3 is 9.76 Å². The van der Waals surface area contributed by atoms with Crippen molar-refractivity contribution in [1.29, 1.82) is 0 Å². The number of rotatable bonds is 8. The van der Waals surface area contributed by atoms with Crippen LogP contribution in [0.2, 0.25) is 0 Å². The molecule has 0 amide bonds.